The Morgan fingerprint density at radius 2 is 1.77 bits per heavy atom. The molecule has 2 bridgehead atoms. The molecule has 0 aliphatic carbocycles. The first-order chi connectivity index (χ1) is 19.4. The van der Waals surface area contributed by atoms with Crippen LogP contribution in [-0.2, 0) is 31.3 Å². The number of para-hydroxylation sites is 2. The van der Waals surface area contributed by atoms with Gasteiger partial charge >= 0.3 is 5.97 Å². The molecule has 0 unspecified atom stereocenters. The van der Waals surface area contributed by atoms with Crippen molar-refractivity contribution in [1.82, 2.24) is 19.4 Å². The second kappa shape index (κ2) is 8.06. The molecule has 0 radical (unpaired) electrons. The van der Waals surface area contributed by atoms with Crippen LogP contribution in [0.1, 0.15) is 35.5 Å². The Morgan fingerprint density at radius 3 is 2.50 bits per heavy atom. The summed E-state index contributed by atoms with van der Waals surface area (Å²) < 4.78 is 23.0. The lowest BCUT2D eigenvalue weighted by Crippen LogP contribution is -2.61. The van der Waals surface area contributed by atoms with Crippen LogP contribution in [0.25, 0.3) is 43.6 Å². The largest absolute Gasteiger partial charge is 0.468 e. The van der Waals surface area contributed by atoms with Crippen molar-refractivity contribution in [1.29, 1.82) is 0 Å². The highest BCUT2D eigenvalue weighted by Gasteiger charge is 2.54. The molecule has 40 heavy (non-hydrogen) atoms. The van der Waals surface area contributed by atoms with Gasteiger partial charge < -0.3 is 28.7 Å². The van der Waals surface area contributed by atoms with E-state index in [1.807, 2.05) is 36.2 Å². The summed E-state index contributed by atoms with van der Waals surface area (Å²) in [4.78, 5) is 27.8. The molecule has 8 rings (SSSR count). The molecule has 5 aromatic rings. The maximum atomic E-state index is 13.5. The zero-order valence-corrected chi connectivity index (χ0v) is 22.9. The van der Waals surface area contributed by atoms with Crippen LogP contribution >= 0.6 is 0 Å². The number of rotatable bonds is 4. The molecule has 1 fully saturated rings. The molecule has 3 aliphatic rings. The molecule has 0 saturated carbocycles. The third-order valence-corrected chi connectivity index (χ3v) is 9.37. The quantitative estimate of drug-likeness (QED) is 0.345. The minimum absolute atomic E-state index is 0.0403. The van der Waals surface area contributed by atoms with Crippen molar-refractivity contribution in [2.75, 3.05) is 27.8 Å². The zero-order valence-electron chi connectivity index (χ0n) is 22.9. The van der Waals surface area contributed by atoms with Gasteiger partial charge in [-0.05, 0) is 31.7 Å². The summed E-state index contributed by atoms with van der Waals surface area (Å²) in [5.41, 5.74) is 4.94. The SMILES string of the molecule is COC(=O)CN(C)[C@@H]1C[C@H]2O[C@@](C)([C@@H]1OC)n1c3ccccc3c3c4c(c5c6ccccc6n2c5c31)C(=O)NC4. The van der Waals surface area contributed by atoms with Gasteiger partial charge in [-0.1, -0.05) is 36.4 Å². The van der Waals surface area contributed by atoms with Gasteiger partial charge in [-0.2, -0.15) is 0 Å². The molecule has 5 heterocycles. The maximum Gasteiger partial charge on any atom is 0.319 e. The van der Waals surface area contributed by atoms with Crippen molar-refractivity contribution in [2.45, 2.75) is 44.0 Å². The summed E-state index contributed by atoms with van der Waals surface area (Å²) in [7, 11) is 5.06. The lowest BCUT2D eigenvalue weighted by Gasteiger charge is -2.50. The van der Waals surface area contributed by atoms with E-state index in [0.29, 0.717) is 13.0 Å². The van der Waals surface area contributed by atoms with Crippen LogP contribution in [0.5, 0.6) is 0 Å². The predicted octanol–water partition coefficient (Wildman–Crippen LogP) is 4.24. The molecule has 9 heteroatoms. The fourth-order valence-electron chi connectivity index (χ4n) is 7.83. The fraction of sp³-hybridized carbons (Fsp3) is 0.355. The molecule has 1 N–H and O–H groups in total. The number of ether oxygens (including phenoxy) is 3. The van der Waals surface area contributed by atoms with Gasteiger partial charge in [0.2, 0.25) is 0 Å². The third-order valence-electron chi connectivity index (χ3n) is 9.37. The summed E-state index contributed by atoms with van der Waals surface area (Å²) in [5.74, 6) is -0.341. The van der Waals surface area contributed by atoms with Crippen LogP contribution in [0.2, 0.25) is 0 Å². The Bertz CT molecular complexity index is 1920. The first-order valence-electron chi connectivity index (χ1n) is 13.7. The molecular weight excluding hydrogens is 508 g/mol. The van der Waals surface area contributed by atoms with Crippen LogP contribution < -0.4 is 5.32 Å². The molecule has 4 atom stereocenters. The average Bonchev–Trinajstić information content (AvgIpc) is 3.60. The number of aromatic nitrogens is 2. The van der Waals surface area contributed by atoms with Crippen molar-refractivity contribution in [3.8, 4) is 0 Å². The number of amides is 1. The second-order valence-corrected chi connectivity index (χ2v) is 11.3. The molecule has 2 aromatic heterocycles. The number of benzene rings is 3. The van der Waals surface area contributed by atoms with E-state index in [2.05, 4.69) is 45.6 Å². The number of carbonyl (C=O) groups is 2. The Morgan fingerprint density at radius 1 is 1.07 bits per heavy atom. The molecule has 9 nitrogen and oxygen atoms in total. The summed E-state index contributed by atoms with van der Waals surface area (Å²) in [5, 5.41) is 7.26. The van der Waals surface area contributed by atoms with Crippen molar-refractivity contribution < 1.29 is 23.8 Å². The van der Waals surface area contributed by atoms with Crippen LogP contribution in [0, 0.1) is 0 Å². The second-order valence-electron chi connectivity index (χ2n) is 11.3. The summed E-state index contributed by atoms with van der Waals surface area (Å²) >= 11 is 0. The Hall–Kier alpha value is -3.92. The van der Waals surface area contributed by atoms with Crippen LogP contribution in [0.3, 0.4) is 0 Å². The Kier molecular flexibility index (Phi) is 4.82. The smallest absolute Gasteiger partial charge is 0.319 e. The molecular formula is C31H30N4O5. The normalized spacial score (nSPS) is 25.3. The van der Waals surface area contributed by atoms with E-state index in [0.717, 1.165) is 54.7 Å². The highest BCUT2D eigenvalue weighted by molar-refractivity contribution is 6.31. The number of esters is 1. The van der Waals surface area contributed by atoms with E-state index in [1.165, 1.54) is 7.11 Å². The number of nitrogens with zero attached hydrogens (tertiary/aromatic N) is 3. The number of likely N-dealkylation sites (N-methyl/N-ethyl adjacent to an activating group) is 1. The first kappa shape index (κ1) is 23.9. The number of hydrogen-bond donors (Lipinski definition) is 1. The van der Waals surface area contributed by atoms with Crippen molar-refractivity contribution in [2.24, 2.45) is 0 Å². The maximum absolute atomic E-state index is 13.5. The standard InChI is InChI=1S/C31H30N4O5/c1-31-29(39-4)21(33(2)15-23(36)38-3)13-22(40-31)34-19-11-7-5-9-16(19)25-26-18(14-32-30(26)37)24-17-10-6-8-12-20(17)35(31)28(24)27(25)34/h5-12,21-22,29H,13-15H2,1-4H3,(H,32,37)/t21-,22-,29-,31+/m1/s1. The van der Waals surface area contributed by atoms with Gasteiger partial charge in [0.05, 0.1) is 41.3 Å². The number of fused-ring (bicyclic) bond motifs is 13. The van der Waals surface area contributed by atoms with Gasteiger partial charge in [0, 0.05) is 47.7 Å². The fourth-order valence-corrected chi connectivity index (χ4v) is 7.83. The zero-order chi connectivity index (χ0) is 27.5. The lowest BCUT2D eigenvalue weighted by molar-refractivity contribution is -0.267. The number of hydrogen-bond acceptors (Lipinski definition) is 6. The molecule has 1 amide bonds. The Balaban J connectivity index is 1.57. The van der Waals surface area contributed by atoms with Gasteiger partial charge in [-0.3, -0.25) is 14.5 Å². The van der Waals surface area contributed by atoms with Crippen molar-refractivity contribution in [3.05, 3.63) is 59.7 Å². The highest BCUT2D eigenvalue weighted by atomic mass is 16.6. The molecule has 3 aromatic carbocycles. The minimum atomic E-state index is -0.925. The van der Waals surface area contributed by atoms with Gasteiger partial charge in [0.15, 0.2) is 5.72 Å². The van der Waals surface area contributed by atoms with E-state index < -0.39 is 11.8 Å². The van der Waals surface area contributed by atoms with E-state index in [4.69, 9.17) is 14.2 Å². The number of carbonyl (C=O) groups excluding carboxylic acids is 2. The van der Waals surface area contributed by atoms with Crippen molar-refractivity contribution >= 4 is 55.5 Å². The van der Waals surface area contributed by atoms with Gasteiger partial charge in [0.1, 0.15) is 12.3 Å². The third kappa shape index (κ3) is 2.77. The predicted molar refractivity (Wildman–Crippen MR) is 151 cm³/mol. The first-order valence-corrected chi connectivity index (χ1v) is 13.7. The van der Waals surface area contributed by atoms with Crippen LogP contribution in [0.15, 0.2) is 48.5 Å². The van der Waals surface area contributed by atoms with Gasteiger partial charge in [-0.25, -0.2) is 0 Å². The lowest BCUT2D eigenvalue weighted by atomic mass is 9.91. The number of methoxy groups -OCH3 is 2. The summed E-state index contributed by atoms with van der Waals surface area (Å²) in [6, 6.07) is 16.4. The van der Waals surface area contributed by atoms with E-state index >= 15 is 0 Å². The van der Waals surface area contributed by atoms with Gasteiger partial charge in [-0.15, -0.1) is 0 Å². The van der Waals surface area contributed by atoms with E-state index in [1.54, 1.807) is 7.11 Å². The minimum Gasteiger partial charge on any atom is -0.468 e. The van der Waals surface area contributed by atoms with Crippen molar-refractivity contribution in [3.63, 3.8) is 0 Å². The summed E-state index contributed by atoms with van der Waals surface area (Å²) in [6.45, 7) is 2.71. The summed E-state index contributed by atoms with van der Waals surface area (Å²) in [6.07, 6.45) is -0.187. The van der Waals surface area contributed by atoms with Gasteiger partial charge in [0.25, 0.3) is 5.91 Å². The molecule has 1 saturated heterocycles. The topological polar surface area (TPSA) is 87.0 Å². The average molecular weight is 539 g/mol. The molecule has 204 valence electrons. The van der Waals surface area contributed by atoms with Crippen LogP contribution in [-0.4, -0.2) is 65.9 Å². The van der Waals surface area contributed by atoms with E-state index in [-0.39, 0.29) is 30.7 Å². The Labute approximate surface area is 230 Å². The highest BCUT2D eigenvalue weighted by Crippen LogP contribution is 2.54. The van der Waals surface area contributed by atoms with Crippen LogP contribution in [0.4, 0.5) is 0 Å². The molecule has 3 aliphatic heterocycles. The number of nitrogens with one attached hydrogen (secondary N) is 1. The molecule has 0 spiro atoms. The monoisotopic (exact) mass is 538 g/mol. The van der Waals surface area contributed by atoms with E-state index in [9.17, 15) is 9.59 Å².